The van der Waals surface area contributed by atoms with Crippen LogP contribution in [-0.4, -0.2) is 0 Å². The molecule has 0 aliphatic carbocycles. The molecule has 218 valence electrons. The van der Waals surface area contributed by atoms with Crippen LogP contribution < -0.4 is 0 Å². The summed E-state index contributed by atoms with van der Waals surface area (Å²) in [6.07, 6.45) is 0. The Balaban J connectivity index is 1.30. The lowest BCUT2D eigenvalue weighted by molar-refractivity contribution is 0.665. The van der Waals surface area contributed by atoms with E-state index in [0.717, 1.165) is 54.6 Å². The topological polar surface area (TPSA) is 26.3 Å². The molecule has 0 N–H and O–H groups in total. The molecule has 11 aromatic carbocycles. The second kappa shape index (κ2) is 7.94. The molecule has 2 heteroatoms. The highest BCUT2D eigenvalue weighted by molar-refractivity contribution is 6.43. The Bertz CT molecular complexity index is 3290. The summed E-state index contributed by atoms with van der Waals surface area (Å²) in [5.41, 5.74) is 3.67. The van der Waals surface area contributed by atoms with Crippen molar-refractivity contribution in [1.29, 1.82) is 0 Å². The van der Waals surface area contributed by atoms with Crippen LogP contribution in [0.15, 0.2) is 142 Å². The minimum Gasteiger partial charge on any atom is -0.455 e. The molecule has 2 heterocycles. The lowest BCUT2D eigenvalue weighted by atomic mass is 9.87. The highest BCUT2D eigenvalue weighted by Crippen LogP contribution is 2.50. The third-order valence-electron chi connectivity index (χ3n) is 11.2. The summed E-state index contributed by atoms with van der Waals surface area (Å²) in [4.78, 5) is 0. The van der Waals surface area contributed by atoms with Crippen molar-refractivity contribution >= 4 is 130 Å². The number of benzene rings is 11. The largest absolute Gasteiger partial charge is 0.455 e. The number of rotatable bonds is 0. The highest BCUT2D eigenvalue weighted by atomic mass is 16.3. The van der Waals surface area contributed by atoms with Crippen LogP contribution in [0, 0.1) is 0 Å². The third kappa shape index (κ3) is 2.64. The van der Waals surface area contributed by atoms with Gasteiger partial charge < -0.3 is 8.83 Å². The van der Waals surface area contributed by atoms with Crippen molar-refractivity contribution in [3.63, 3.8) is 0 Å². The smallest absolute Gasteiger partial charge is 0.143 e. The molecule has 2 nitrogen and oxygen atoms in total. The van der Waals surface area contributed by atoms with Gasteiger partial charge in [0.15, 0.2) is 0 Å². The van der Waals surface area contributed by atoms with Crippen molar-refractivity contribution in [1.82, 2.24) is 0 Å². The fraction of sp³-hybridized carbons (Fsp3) is 0. The molecule has 0 bridgehead atoms. The molecule has 0 aliphatic rings. The van der Waals surface area contributed by atoms with Gasteiger partial charge in [-0.05, 0) is 90.3 Å². The summed E-state index contributed by atoms with van der Waals surface area (Å²) in [5, 5.41) is 24.3. The van der Waals surface area contributed by atoms with Crippen LogP contribution in [-0.2, 0) is 0 Å². The average Bonchev–Trinajstić information content (AvgIpc) is 3.13. The molecule has 48 heavy (non-hydrogen) atoms. The van der Waals surface area contributed by atoms with Crippen molar-refractivity contribution in [3.8, 4) is 0 Å². The van der Waals surface area contributed by atoms with Gasteiger partial charge in [0.2, 0.25) is 0 Å². The molecule has 13 rings (SSSR count). The summed E-state index contributed by atoms with van der Waals surface area (Å²) in [5.74, 6) is 0. The van der Waals surface area contributed by atoms with E-state index in [1.54, 1.807) is 0 Å². The molecule has 0 fully saturated rings. The molecule has 13 aromatic rings. The fourth-order valence-electron chi connectivity index (χ4n) is 9.37. The Morgan fingerprint density at radius 2 is 0.646 bits per heavy atom. The maximum Gasteiger partial charge on any atom is 0.143 e. The molecule has 0 saturated carbocycles. The normalized spacial score (nSPS) is 13.0. The Morgan fingerprint density at radius 3 is 1.10 bits per heavy atom. The van der Waals surface area contributed by atoms with Gasteiger partial charge in [-0.25, -0.2) is 0 Å². The van der Waals surface area contributed by atoms with Gasteiger partial charge in [0.05, 0.1) is 0 Å². The van der Waals surface area contributed by atoms with Crippen LogP contribution in [0.4, 0.5) is 0 Å². The molecular formula is C46H22O2. The van der Waals surface area contributed by atoms with Crippen molar-refractivity contribution in [2.24, 2.45) is 0 Å². The first-order valence-corrected chi connectivity index (χ1v) is 16.6. The molecule has 0 atom stereocenters. The molecule has 0 radical (unpaired) electrons. The summed E-state index contributed by atoms with van der Waals surface area (Å²) >= 11 is 0. The van der Waals surface area contributed by atoms with Crippen molar-refractivity contribution < 1.29 is 8.83 Å². The molecule has 0 spiro atoms. The van der Waals surface area contributed by atoms with Crippen LogP contribution in [0.3, 0.4) is 0 Å². The van der Waals surface area contributed by atoms with Gasteiger partial charge >= 0.3 is 0 Å². The lowest BCUT2D eigenvalue weighted by Crippen LogP contribution is -1.92. The van der Waals surface area contributed by atoms with E-state index in [0.29, 0.717) is 0 Å². The third-order valence-corrected chi connectivity index (χ3v) is 11.2. The van der Waals surface area contributed by atoms with Gasteiger partial charge in [-0.3, -0.25) is 0 Å². The lowest BCUT2D eigenvalue weighted by Gasteiger charge is -2.19. The summed E-state index contributed by atoms with van der Waals surface area (Å²) in [6, 6.07) is 48.9. The average molecular weight is 607 g/mol. The monoisotopic (exact) mass is 606 g/mol. The number of fused-ring (bicyclic) bond motifs is 8. The van der Waals surface area contributed by atoms with Gasteiger partial charge in [-0.15, -0.1) is 0 Å². The molecule has 0 aliphatic heterocycles. The first-order valence-electron chi connectivity index (χ1n) is 16.6. The van der Waals surface area contributed by atoms with Crippen LogP contribution >= 0.6 is 0 Å². The Morgan fingerprint density at radius 1 is 0.250 bits per heavy atom. The minimum absolute atomic E-state index is 0.902. The zero-order valence-corrected chi connectivity index (χ0v) is 25.5. The highest BCUT2D eigenvalue weighted by Gasteiger charge is 2.23. The van der Waals surface area contributed by atoms with E-state index in [-0.39, 0.29) is 0 Å². The van der Waals surface area contributed by atoms with Gasteiger partial charge in [0, 0.05) is 53.9 Å². The van der Waals surface area contributed by atoms with E-state index < -0.39 is 0 Å². The molecule has 2 aromatic heterocycles. The van der Waals surface area contributed by atoms with E-state index in [1.165, 1.54) is 75.4 Å². The zero-order chi connectivity index (χ0) is 30.8. The maximum atomic E-state index is 7.02. The maximum absolute atomic E-state index is 7.02. The van der Waals surface area contributed by atoms with Crippen molar-refractivity contribution in [2.45, 2.75) is 0 Å². The van der Waals surface area contributed by atoms with Crippen LogP contribution in [0.1, 0.15) is 0 Å². The first-order chi connectivity index (χ1) is 23.8. The molecule has 0 unspecified atom stereocenters. The molecule has 0 saturated heterocycles. The first kappa shape index (κ1) is 23.9. The van der Waals surface area contributed by atoms with Gasteiger partial charge in [0.25, 0.3) is 0 Å². The van der Waals surface area contributed by atoms with Gasteiger partial charge in [-0.1, -0.05) is 97.1 Å². The van der Waals surface area contributed by atoms with E-state index in [1.807, 2.05) is 0 Å². The van der Waals surface area contributed by atoms with Crippen LogP contribution in [0.2, 0.25) is 0 Å². The van der Waals surface area contributed by atoms with Gasteiger partial charge in [-0.2, -0.15) is 0 Å². The SMILES string of the molecule is c1cc2ccc3cc4c(oc5cccc6c5c4c4cccc5oc7c8ccc9cccc%10ccc(cc7c6c54)c8c%109)c4ccc(c1)c2c34. The van der Waals surface area contributed by atoms with Crippen molar-refractivity contribution in [3.05, 3.63) is 133 Å². The Labute approximate surface area is 271 Å². The number of hydrogen-bond acceptors (Lipinski definition) is 2. The van der Waals surface area contributed by atoms with Crippen molar-refractivity contribution in [2.75, 3.05) is 0 Å². The molecule has 0 amide bonds. The van der Waals surface area contributed by atoms with E-state index >= 15 is 0 Å². The Kier molecular flexibility index (Phi) is 3.95. The van der Waals surface area contributed by atoms with E-state index in [4.69, 9.17) is 8.83 Å². The van der Waals surface area contributed by atoms with E-state index in [9.17, 15) is 0 Å². The van der Waals surface area contributed by atoms with Gasteiger partial charge in [0.1, 0.15) is 22.3 Å². The Hall–Kier alpha value is -6.38. The second-order valence-corrected chi connectivity index (χ2v) is 13.5. The second-order valence-electron chi connectivity index (χ2n) is 13.5. The van der Waals surface area contributed by atoms with Crippen LogP contribution in [0.25, 0.3) is 130 Å². The quantitative estimate of drug-likeness (QED) is 0.127. The fourth-order valence-corrected chi connectivity index (χ4v) is 9.37. The van der Waals surface area contributed by atoms with E-state index in [2.05, 4.69) is 133 Å². The summed E-state index contributed by atoms with van der Waals surface area (Å²) in [7, 11) is 0. The predicted octanol–water partition coefficient (Wildman–Crippen LogP) is 13.6. The minimum atomic E-state index is 0.902. The summed E-state index contributed by atoms with van der Waals surface area (Å²) in [6.45, 7) is 0. The zero-order valence-electron chi connectivity index (χ0n) is 25.5. The number of hydrogen-bond donors (Lipinski definition) is 0. The predicted molar refractivity (Wildman–Crippen MR) is 203 cm³/mol. The van der Waals surface area contributed by atoms with Crippen LogP contribution in [0.5, 0.6) is 0 Å². The summed E-state index contributed by atoms with van der Waals surface area (Å²) < 4.78 is 14.0. The molecular weight excluding hydrogens is 585 g/mol. The standard InChI is InChI=1S/C46H22O2/c1-5-23-13-15-27-21-33-41-29-9-4-12-36-44(29)42(30-10-3-11-35(43(30)41)47-45(33)31-19-17-25(7-1)37(23)39(27)31)34-22-28-16-14-24-6-2-8-26-18-20-32(46(34)48-36)40(28)38(24)26/h1-22H.